The summed E-state index contributed by atoms with van der Waals surface area (Å²) >= 11 is 1.34. The number of sulfone groups is 1. The lowest BCUT2D eigenvalue weighted by Crippen LogP contribution is -2.17. The van der Waals surface area contributed by atoms with Crippen LogP contribution in [0.15, 0.2) is 23.6 Å². The number of benzene rings is 1. The van der Waals surface area contributed by atoms with E-state index in [9.17, 15) is 13.2 Å². The summed E-state index contributed by atoms with van der Waals surface area (Å²) in [6, 6.07) is 5.85. The Balaban J connectivity index is 1.68. The standard InChI is InChI=1S/C17H20N2O4S2/c1-11-3-4-15(23-2)13(7-11)14-9-24-17(18-14)19-16(20)8-12-5-6-25(21,22)10-12/h3-4,7,9,12H,5-6,8,10H2,1-2H3,(H,18,19,20). The van der Waals surface area contributed by atoms with Crippen LogP contribution in [0.1, 0.15) is 18.4 Å². The molecule has 6 nitrogen and oxygen atoms in total. The Morgan fingerprint density at radius 1 is 1.44 bits per heavy atom. The summed E-state index contributed by atoms with van der Waals surface area (Å²) < 4.78 is 28.3. The number of rotatable bonds is 5. The van der Waals surface area contributed by atoms with Gasteiger partial charge in [0, 0.05) is 17.4 Å². The number of aryl methyl sites for hydroxylation is 1. The van der Waals surface area contributed by atoms with Gasteiger partial charge in [-0.1, -0.05) is 11.6 Å². The van der Waals surface area contributed by atoms with Gasteiger partial charge in [0.2, 0.25) is 5.91 Å². The van der Waals surface area contributed by atoms with Gasteiger partial charge in [0.05, 0.1) is 24.3 Å². The Morgan fingerprint density at radius 2 is 2.24 bits per heavy atom. The highest BCUT2D eigenvalue weighted by Gasteiger charge is 2.29. The van der Waals surface area contributed by atoms with Crippen molar-refractivity contribution in [1.29, 1.82) is 0 Å². The van der Waals surface area contributed by atoms with Crippen LogP contribution >= 0.6 is 11.3 Å². The quantitative estimate of drug-likeness (QED) is 0.862. The molecule has 1 fully saturated rings. The van der Waals surface area contributed by atoms with E-state index in [-0.39, 0.29) is 29.8 Å². The number of anilines is 1. The average molecular weight is 380 g/mol. The first-order chi connectivity index (χ1) is 11.9. The number of amides is 1. The van der Waals surface area contributed by atoms with E-state index in [0.717, 1.165) is 22.6 Å². The van der Waals surface area contributed by atoms with Crippen molar-refractivity contribution in [3.8, 4) is 17.0 Å². The van der Waals surface area contributed by atoms with E-state index < -0.39 is 9.84 Å². The van der Waals surface area contributed by atoms with Crippen LogP contribution < -0.4 is 10.1 Å². The first-order valence-corrected chi connectivity index (χ1v) is 10.7. The molecule has 3 rings (SSSR count). The van der Waals surface area contributed by atoms with Crippen molar-refractivity contribution in [2.24, 2.45) is 5.92 Å². The second kappa shape index (κ2) is 7.13. The predicted octanol–water partition coefficient (Wildman–Crippen LogP) is 2.89. The summed E-state index contributed by atoms with van der Waals surface area (Å²) in [4.78, 5) is 16.6. The van der Waals surface area contributed by atoms with Gasteiger partial charge >= 0.3 is 0 Å². The van der Waals surface area contributed by atoms with Gasteiger partial charge in [-0.2, -0.15) is 0 Å². The van der Waals surface area contributed by atoms with Gasteiger partial charge in [-0.05, 0) is 31.4 Å². The van der Waals surface area contributed by atoms with E-state index in [1.165, 1.54) is 11.3 Å². The normalized spacial score (nSPS) is 18.9. The number of hydrogen-bond acceptors (Lipinski definition) is 6. The Labute approximate surface area is 151 Å². The van der Waals surface area contributed by atoms with Crippen LogP contribution in [0.2, 0.25) is 0 Å². The zero-order chi connectivity index (χ0) is 18.0. The largest absolute Gasteiger partial charge is 0.496 e. The van der Waals surface area contributed by atoms with Crippen molar-refractivity contribution in [3.05, 3.63) is 29.1 Å². The number of hydrogen-bond donors (Lipinski definition) is 1. The van der Waals surface area contributed by atoms with Crippen molar-refractivity contribution in [2.75, 3.05) is 23.9 Å². The number of ether oxygens (including phenoxy) is 1. The molecule has 0 saturated carbocycles. The fourth-order valence-corrected chi connectivity index (χ4v) is 5.53. The van der Waals surface area contributed by atoms with Crippen molar-refractivity contribution < 1.29 is 17.9 Å². The third-order valence-corrected chi connectivity index (χ3v) is 6.78. The van der Waals surface area contributed by atoms with Gasteiger partial charge in [-0.3, -0.25) is 4.79 Å². The Morgan fingerprint density at radius 3 is 2.92 bits per heavy atom. The summed E-state index contributed by atoms with van der Waals surface area (Å²) in [5, 5.41) is 5.14. The molecule has 1 aliphatic rings. The molecule has 1 saturated heterocycles. The highest BCUT2D eigenvalue weighted by molar-refractivity contribution is 7.91. The Hall–Kier alpha value is -1.93. The molecule has 8 heteroatoms. The minimum Gasteiger partial charge on any atom is -0.496 e. The number of carbonyl (C=O) groups excluding carboxylic acids is 1. The van der Waals surface area contributed by atoms with Crippen LogP contribution in [-0.4, -0.2) is 37.9 Å². The van der Waals surface area contributed by atoms with Crippen LogP contribution in [0.25, 0.3) is 11.3 Å². The Kier molecular flexibility index (Phi) is 5.10. The van der Waals surface area contributed by atoms with Crippen molar-refractivity contribution in [1.82, 2.24) is 4.98 Å². The van der Waals surface area contributed by atoms with Gasteiger partial charge < -0.3 is 10.1 Å². The van der Waals surface area contributed by atoms with Gasteiger partial charge in [-0.25, -0.2) is 13.4 Å². The minimum atomic E-state index is -2.96. The molecule has 1 aromatic carbocycles. The van der Waals surface area contributed by atoms with Crippen LogP contribution in [0, 0.1) is 12.8 Å². The van der Waals surface area contributed by atoms with Crippen LogP contribution in [-0.2, 0) is 14.6 Å². The van der Waals surface area contributed by atoms with Gasteiger partial charge in [0.25, 0.3) is 0 Å². The summed E-state index contributed by atoms with van der Waals surface area (Å²) in [6.45, 7) is 1.99. The van der Waals surface area contributed by atoms with Crippen molar-refractivity contribution in [2.45, 2.75) is 19.8 Å². The van der Waals surface area contributed by atoms with E-state index in [2.05, 4.69) is 10.3 Å². The number of nitrogens with one attached hydrogen (secondary N) is 1. The first-order valence-electron chi connectivity index (χ1n) is 7.97. The molecule has 0 bridgehead atoms. The summed E-state index contributed by atoms with van der Waals surface area (Å²) in [7, 11) is -1.35. The molecule has 0 aliphatic carbocycles. The van der Waals surface area contributed by atoms with Gasteiger partial charge in [-0.15, -0.1) is 11.3 Å². The number of methoxy groups -OCH3 is 1. The molecule has 1 atom stereocenters. The van der Waals surface area contributed by atoms with Crippen LogP contribution in [0.5, 0.6) is 5.75 Å². The zero-order valence-corrected chi connectivity index (χ0v) is 15.7. The maximum absolute atomic E-state index is 12.1. The molecule has 1 aliphatic heterocycles. The molecular formula is C17H20N2O4S2. The van der Waals surface area contributed by atoms with Crippen molar-refractivity contribution in [3.63, 3.8) is 0 Å². The topological polar surface area (TPSA) is 85.4 Å². The van der Waals surface area contributed by atoms with E-state index in [1.807, 2.05) is 30.5 Å². The van der Waals surface area contributed by atoms with E-state index in [1.54, 1.807) is 7.11 Å². The molecule has 1 aromatic heterocycles. The third-order valence-electron chi connectivity index (χ3n) is 4.18. The van der Waals surface area contributed by atoms with Gasteiger partial charge in [0.1, 0.15) is 5.75 Å². The fraction of sp³-hybridized carbons (Fsp3) is 0.412. The van der Waals surface area contributed by atoms with Crippen LogP contribution in [0.4, 0.5) is 5.13 Å². The summed E-state index contributed by atoms with van der Waals surface area (Å²) in [6.07, 6.45) is 0.765. The first kappa shape index (κ1) is 17.9. The van der Waals surface area contributed by atoms with Crippen LogP contribution in [0.3, 0.4) is 0 Å². The molecule has 0 radical (unpaired) electrons. The maximum Gasteiger partial charge on any atom is 0.226 e. The molecule has 2 aromatic rings. The molecule has 25 heavy (non-hydrogen) atoms. The number of carbonyl (C=O) groups is 1. The molecule has 1 unspecified atom stereocenters. The molecule has 1 amide bonds. The molecule has 2 heterocycles. The van der Waals surface area contributed by atoms with E-state index in [4.69, 9.17) is 4.74 Å². The number of nitrogens with zero attached hydrogens (tertiary/aromatic N) is 1. The molecule has 134 valence electrons. The molecular weight excluding hydrogens is 360 g/mol. The van der Waals surface area contributed by atoms with Gasteiger partial charge in [0.15, 0.2) is 15.0 Å². The fourth-order valence-electron chi connectivity index (χ4n) is 2.94. The summed E-state index contributed by atoms with van der Waals surface area (Å²) in [5.74, 6) is 0.717. The average Bonchev–Trinajstić information content (AvgIpc) is 3.13. The lowest BCUT2D eigenvalue weighted by atomic mass is 10.1. The third kappa shape index (κ3) is 4.38. The SMILES string of the molecule is COc1ccc(C)cc1-c1csc(NC(=O)CC2CCS(=O)(=O)C2)n1. The minimum absolute atomic E-state index is 0.0960. The number of thiazole rings is 1. The monoisotopic (exact) mass is 380 g/mol. The molecule has 0 spiro atoms. The lowest BCUT2D eigenvalue weighted by Gasteiger charge is -2.07. The predicted molar refractivity (Wildman–Crippen MR) is 98.8 cm³/mol. The van der Waals surface area contributed by atoms with E-state index in [0.29, 0.717) is 11.6 Å². The lowest BCUT2D eigenvalue weighted by molar-refractivity contribution is -0.116. The summed E-state index contributed by atoms with van der Waals surface area (Å²) in [5.41, 5.74) is 2.71. The highest BCUT2D eigenvalue weighted by Crippen LogP contribution is 2.33. The zero-order valence-electron chi connectivity index (χ0n) is 14.1. The smallest absolute Gasteiger partial charge is 0.226 e. The second-order valence-electron chi connectivity index (χ2n) is 6.26. The highest BCUT2D eigenvalue weighted by atomic mass is 32.2. The van der Waals surface area contributed by atoms with E-state index >= 15 is 0 Å². The van der Waals surface area contributed by atoms with Crippen molar-refractivity contribution >= 4 is 32.2 Å². The Bertz CT molecular complexity index is 890. The molecule has 1 N–H and O–H groups in total. The maximum atomic E-state index is 12.1. The number of aromatic nitrogens is 1. The second-order valence-corrected chi connectivity index (χ2v) is 9.35.